The molecule has 8 heteroatoms. The van der Waals surface area contributed by atoms with Crippen LogP contribution in [-0.2, 0) is 4.74 Å². The summed E-state index contributed by atoms with van der Waals surface area (Å²) >= 11 is 3.42. The summed E-state index contributed by atoms with van der Waals surface area (Å²) in [6, 6.07) is 15.2. The molecule has 0 aliphatic heterocycles. The Kier molecular flexibility index (Phi) is 7.59. The largest absolute Gasteiger partial charge is 0.507 e. The van der Waals surface area contributed by atoms with E-state index in [-0.39, 0.29) is 11.5 Å². The molecular formula is C22H21BrF2N2O3. The van der Waals surface area contributed by atoms with Crippen LogP contribution in [-0.4, -0.2) is 37.0 Å². The zero-order chi connectivity index (χ0) is 21.5. The van der Waals surface area contributed by atoms with Gasteiger partial charge >= 0.3 is 6.61 Å². The number of aromatic nitrogens is 1. The molecule has 0 bridgehead atoms. The van der Waals surface area contributed by atoms with Crippen LogP contribution < -0.4 is 10.1 Å². The summed E-state index contributed by atoms with van der Waals surface area (Å²) in [5.74, 6) is 0.824. The summed E-state index contributed by atoms with van der Waals surface area (Å²) < 4.78 is 35.1. The fraction of sp³-hybridized carbons (Fsp3) is 0.227. The highest BCUT2D eigenvalue weighted by molar-refractivity contribution is 9.10. The van der Waals surface area contributed by atoms with Gasteiger partial charge in [-0.25, -0.2) is 4.98 Å². The summed E-state index contributed by atoms with van der Waals surface area (Å²) in [7, 11) is 1.65. The van der Waals surface area contributed by atoms with E-state index in [1.807, 2.05) is 12.1 Å². The highest BCUT2D eigenvalue weighted by Crippen LogP contribution is 2.34. The van der Waals surface area contributed by atoms with E-state index in [1.54, 1.807) is 37.4 Å². The number of halogens is 3. The molecule has 0 unspecified atom stereocenters. The summed E-state index contributed by atoms with van der Waals surface area (Å²) in [6.45, 7) is -1.58. The van der Waals surface area contributed by atoms with Crippen LogP contribution in [0.5, 0.6) is 11.5 Å². The molecule has 3 aromatic rings. The molecule has 0 fully saturated rings. The first kappa shape index (κ1) is 22.0. The number of rotatable bonds is 9. The van der Waals surface area contributed by atoms with Crippen molar-refractivity contribution in [1.82, 2.24) is 4.98 Å². The van der Waals surface area contributed by atoms with Crippen molar-refractivity contribution in [3.05, 3.63) is 59.1 Å². The Morgan fingerprint density at radius 3 is 2.53 bits per heavy atom. The highest BCUT2D eigenvalue weighted by atomic mass is 79.9. The van der Waals surface area contributed by atoms with Gasteiger partial charge in [-0.15, -0.1) is 0 Å². The number of phenols is 1. The number of methoxy groups -OCH3 is 1. The fourth-order valence-corrected chi connectivity index (χ4v) is 3.26. The minimum absolute atomic E-state index is 0.0885. The van der Waals surface area contributed by atoms with Gasteiger partial charge in [0.15, 0.2) is 0 Å². The number of nitrogens with zero attached hydrogens (tertiary/aromatic N) is 1. The minimum atomic E-state index is -2.87. The zero-order valence-electron chi connectivity index (χ0n) is 16.2. The lowest BCUT2D eigenvalue weighted by atomic mass is 10.0. The maximum absolute atomic E-state index is 12.4. The lowest BCUT2D eigenvalue weighted by molar-refractivity contribution is -0.0498. The number of hydrogen-bond acceptors (Lipinski definition) is 5. The summed E-state index contributed by atoms with van der Waals surface area (Å²) in [5, 5.41) is 13.6. The van der Waals surface area contributed by atoms with Crippen molar-refractivity contribution in [3.63, 3.8) is 0 Å². The van der Waals surface area contributed by atoms with Gasteiger partial charge in [0.2, 0.25) is 0 Å². The number of phenolic OH excluding ortho intramolecular Hbond substituents is 1. The van der Waals surface area contributed by atoms with Crippen molar-refractivity contribution in [1.29, 1.82) is 0 Å². The maximum atomic E-state index is 12.4. The van der Waals surface area contributed by atoms with E-state index in [0.29, 0.717) is 30.2 Å². The van der Waals surface area contributed by atoms with Crippen LogP contribution in [0.3, 0.4) is 0 Å². The molecule has 2 aromatic carbocycles. The SMILES string of the molecule is COCCCNc1cc(-c2ccc(OC(F)F)cc2)cc(-c2cc(Br)ccc2O)n1. The van der Waals surface area contributed by atoms with Crippen LogP contribution in [0.25, 0.3) is 22.4 Å². The second-order valence-corrected chi connectivity index (χ2v) is 7.38. The number of pyridine rings is 1. The van der Waals surface area contributed by atoms with Crippen molar-refractivity contribution >= 4 is 21.7 Å². The molecule has 0 saturated heterocycles. The Bertz CT molecular complexity index is 985. The predicted molar refractivity (Wildman–Crippen MR) is 116 cm³/mol. The normalized spacial score (nSPS) is 11.0. The van der Waals surface area contributed by atoms with Gasteiger partial charge in [-0.3, -0.25) is 0 Å². The highest BCUT2D eigenvalue weighted by Gasteiger charge is 2.12. The number of aromatic hydroxyl groups is 1. The molecule has 0 atom stereocenters. The number of ether oxygens (including phenoxy) is 2. The van der Waals surface area contributed by atoms with Crippen LogP contribution in [0.4, 0.5) is 14.6 Å². The summed E-state index contributed by atoms with van der Waals surface area (Å²) in [5.41, 5.74) is 2.77. The van der Waals surface area contributed by atoms with Gasteiger partial charge in [0.25, 0.3) is 0 Å². The van der Waals surface area contributed by atoms with Crippen LogP contribution in [0.1, 0.15) is 6.42 Å². The van der Waals surface area contributed by atoms with Crippen molar-refractivity contribution in [2.24, 2.45) is 0 Å². The molecule has 5 nitrogen and oxygen atoms in total. The Balaban J connectivity index is 1.97. The Morgan fingerprint density at radius 2 is 1.83 bits per heavy atom. The number of nitrogens with one attached hydrogen (secondary N) is 1. The van der Waals surface area contributed by atoms with E-state index in [0.717, 1.165) is 22.0 Å². The first-order chi connectivity index (χ1) is 14.5. The Morgan fingerprint density at radius 1 is 1.07 bits per heavy atom. The molecule has 0 spiro atoms. The third-order valence-electron chi connectivity index (χ3n) is 4.30. The number of hydrogen-bond donors (Lipinski definition) is 2. The van der Waals surface area contributed by atoms with E-state index in [1.165, 1.54) is 12.1 Å². The number of benzene rings is 2. The molecule has 0 aliphatic carbocycles. The van der Waals surface area contributed by atoms with Gasteiger partial charge in [-0.1, -0.05) is 28.1 Å². The van der Waals surface area contributed by atoms with E-state index in [9.17, 15) is 13.9 Å². The van der Waals surface area contributed by atoms with Crippen LogP contribution in [0.2, 0.25) is 0 Å². The second kappa shape index (κ2) is 10.4. The monoisotopic (exact) mass is 478 g/mol. The molecule has 0 amide bonds. The molecule has 1 heterocycles. The van der Waals surface area contributed by atoms with Gasteiger partial charge in [-0.2, -0.15) is 8.78 Å². The third kappa shape index (κ3) is 5.90. The first-order valence-electron chi connectivity index (χ1n) is 9.25. The molecule has 3 rings (SSSR count). The Labute approximate surface area is 181 Å². The third-order valence-corrected chi connectivity index (χ3v) is 4.80. The van der Waals surface area contributed by atoms with E-state index in [4.69, 9.17) is 4.74 Å². The lowest BCUT2D eigenvalue weighted by Gasteiger charge is -2.13. The molecule has 1 aromatic heterocycles. The van der Waals surface area contributed by atoms with Crippen LogP contribution in [0.15, 0.2) is 59.1 Å². The smallest absolute Gasteiger partial charge is 0.387 e. The maximum Gasteiger partial charge on any atom is 0.387 e. The van der Waals surface area contributed by atoms with Gasteiger partial charge in [0, 0.05) is 30.3 Å². The van der Waals surface area contributed by atoms with E-state index in [2.05, 4.69) is 31.0 Å². The van der Waals surface area contributed by atoms with Crippen molar-refractivity contribution in [2.45, 2.75) is 13.0 Å². The molecule has 2 N–H and O–H groups in total. The van der Waals surface area contributed by atoms with E-state index < -0.39 is 6.61 Å². The number of anilines is 1. The standard InChI is InChI=1S/C22H21BrF2N2O3/c1-29-10-2-9-26-21-12-15(14-3-6-17(7-4-14)30-22(24)25)11-19(27-21)18-13-16(23)5-8-20(18)28/h3-8,11-13,22,28H,2,9-10H2,1H3,(H,26,27). The van der Waals surface area contributed by atoms with Gasteiger partial charge in [-0.05, 0) is 60.0 Å². The van der Waals surface area contributed by atoms with Crippen LogP contribution in [0, 0.1) is 0 Å². The van der Waals surface area contributed by atoms with Crippen molar-refractivity contribution in [2.75, 3.05) is 25.6 Å². The summed E-state index contributed by atoms with van der Waals surface area (Å²) in [6.07, 6.45) is 0.805. The van der Waals surface area contributed by atoms with Gasteiger partial charge < -0.3 is 19.9 Å². The second-order valence-electron chi connectivity index (χ2n) is 6.46. The summed E-state index contributed by atoms with van der Waals surface area (Å²) in [4.78, 5) is 4.63. The molecule has 158 valence electrons. The minimum Gasteiger partial charge on any atom is -0.507 e. The van der Waals surface area contributed by atoms with Crippen molar-refractivity contribution in [3.8, 4) is 33.9 Å². The molecule has 30 heavy (non-hydrogen) atoms. The lowest BCUT2D eigenvalue weighted by Crippen LogP contribution is -2.06. The first-order valence-corrected chi connectivity index (χ1v) is 10.0. The molecular weight excluding hydrogens is 458 g/mol. The fourth-order valence-electron chi connectivity index (χ4n) is 2.90. The van der Waals surface area contributed by atoms with Crippen molar-refractivity contribution < 1.29 is 23.4 Å². The quantitative estimate of drug-likeness (QED) is 0.373. The van der Waals surface area contributed by atoms with Crippen LogP contribution >= 0.6 is 15.9 Å². The van der Waals surface area contributed by atoms with Gasteiger partial charge in [0.1, 0.15) is 17.3 Å². The molecule has 0 aliphatic rings. The number of alkyl halides is 2. The topological polar surface area (TPSA) is 63.6 Å². The average Bonchev–Trinajstić information content (AvgIpc) is 2.73. The Hall–Kier alpha value is -2.71. The van der Waals surface area contributed by atoms with Gasteiger partial charge in [0.05, 0.1) is 5.69 Å². The molecule has 0 radical (unpaired) electrons. The van der Waals surface area contributed by atoms with E-state index >= 15 is 0 Å². The predicted octanol–water partition coefficient (Wildman–Crippen LogP) is 5.93. The molecule has 0 saturated carbocycles. The zero-order valence-corrected chi connectivity index (χ0v) is 17.8. The average molecular weight is 479 g/mol.